The standard InChI is InChI=1S/C13H19N3O3/c1-16-7-2-3-9(16)6-8-19-12-10(14)4-5-11(15-12)13(17)18/h4-5,9H,2-3,6-8,14H2,1H3,(H,17,18). The number of aromatic nitrogens is 1. The van der Waals surface area contributed by atoms with Crippen molar-refractivity contribution < 1.29 is 14.6 Å². The highest BCUT2D eigenvalue weighted by molar-refractivity contribution is 5.86. The molecule has 1 aromatic heterocycles. The van der Waals surface area contributed by atoms with Gasteiger partial charge in [0, 0.05) is 6.04 Å². The van der Waals surface area contributed by atoms with Crippen molar-refractivity contribution in [2.75, 3.05) is 25.9 Å². The Morgan fingerprint density at radius 3 is 3.05 bits per heavy atom. The normalized spacial score (nSPS) is 19.5. The van der Waals surface area contributed by atoms with Crippen molar-refractivity contribution in [3.63, 3.8) is 0 Å². The van der Waals surface area contributed by atoms with Crippen molar-refractivity contribution in [1.82, 2.24) is 9.88 Å². The van der Waals surface area contributed by atoms with Crippen LogP contribution in [0.5, 0.6) is 5.88 Å². The number of likely N-dealkylation sites (tertiary alicyclic amines) is 1. The second kappa shape index (κ2) is 5.88. The molecule has 19 heavy (non-hydrogen) atoms. The van der Waals surface area contributed by atoms with E-state index in [2.05, 4.69) is 16.9 Å². The van der Waals surface area contributed by atoms with E-state index in [9.17, 15) is 4.79 Å². The number of aromatic carboxylic acids is 1. The SMILES string of the molecule is CN1CCCC1CCOc1nc(C(=O)O)ccc1N. The van der Waals surface area contributed by atoms with E-state index in [1.165, 1.54) is 25.0 Å². The fraction of sp³-hybridized carbons (Fsp3) is 0.538. The molecule has 1 aliphatic rings. The van der Waals surface area contributed by atoms with Gasteiger partial charge >= 0.3 is 5.97 Å². The van der Waals surface area contributed by atoms with Crippen LogP contribution in [0.1, 0.15) is 29.8 Å². The molecule has 0 aliphatic carbocycles. The molecule has 0 amide bonds. The molecule has 1 fully saturated rings. The predicted molar refractivity (Wildman–Crippen MR) is 71.4 cm³/mol. The number of hydrogen-bond acceptors (Lipinski definition) is 5. The molecule has 2 heterocycles. The number of rotatable bonds is 5. The molecule has 2 rings (SSSR count). The number of hydrogen-bond donors (Lipinski definition) is 2. The molecular formula is C13H19N3O3. The van der Waals surface area contributed by atoms with Crippen molar-refractivity contribution in [3.8, 4) is 5.88 Å². The molecule has 6 nitrogen and oxygen atoms in total. The van der Waals surface area contributed by atoms with Gasteiger partial charge in [0.2, 0.25) is 5.88 Å². The zero-order valence-electron chi connectivity index (χ0n) is 11.0. The van der Waals surface area contributed by atoms with Crippen LogP contribution in [0.15, 0.2) is 12.1 Å². The number of carbonyl (C=O) groups is 1. The Labute approximate surface area is 112 Å². The van der Waals surface area contributed by atoms with Gasteiger partial charge in [0.05, 0.1) is 12.3 Å². The highest BCUT2D eigenvalue weighted by Gasteiger charge is 2.20. The van der Waals surface area contributed by atoms with Crippen LogP contribution in [0.3, 0.4) is 0 Å². The molecule has 3 N–H and O–H groups in total. The minimum Gasteiger partial charge on any atom is -0.477 e. The maximum absolute atomic E-state index is 10.8. The summed E-state index contributed by atoms with van der Waals surface area (Å²) in [6.45, 7) is 1.62. The second-order valence-electron chi connectivity index (χ2n) is 4.81. The summed E-state index contributed by atoms with van der Waals surface area (Å²) in [5, 5.41) is 8.87. The fourth-order valence-electron chi connectivity index (χ4n) is 2.32. The van der Waals surface area contributed by atoms with Gasteiger partial charge in [-0.15, -0.1) is 0 Å². The Balaban J connectivity index is 1.91. The van der Waals surface area contributed by atoms with Gasteiger partial charge in [-0.05, 0) is 45.0 Å². The number of ether oxygens (including phenoxy) is 1. The third kappa shape index (κ3) is 3.35. The van der Waals surface area contributed by atoms with E-state index < -0.39 is 5.97 Å². The van der Waals surface area contributed by atoms with Gasteiger partial charge in [0.15, 0.2) is 5.69 Å². The number of carboxylic acid groups (broad SMARTS) is 1. The van der Waals surface area contributed by atoms with Crippen LogP contribution in [-0.2, 0) is 0 Å². The van der Waals surface area contributed by atoms with Gasteiger partial charge < -0.3 is 20.5 Å². The number of pyridine rings is 1. The number of nitrogens with zero attached hydrogens (tertiary/aromatic N) is 2. The lowest BCUT2D eigenvalue weighted by atomic mass is 10.1. The molecule has 0 bridgehead atoms. The molecule has 1 atom stereocenters. The zero-order valence-corrected chi connectivity index (χ0v) is 11.0. The van der Waals surface area contributed by atoms with E-state index in [4.69, 9.17) is 15.6 Å². The summed E-state index contributed by atoms with van der Waals surface area (Å²) in [6, 6.07) is 3.41. The number of nitrogens with two attached hydrogens (primary N) is 1. The minimum absolute atomic E-state index is 0.0535. The Morgan fingerprint density at radius 2 is 2.42 bits per heavy atom. The number of carboxylic acids is 1. The van der Waals surface area contributed by atoms with Crippen LogP contribution in [0.25, 0.3) is 0 Å². The molecule has 0 radical (unpaired) electrons. The highest BCUT2D eigenvalue weighted by Crippen LogP contribution is 2.21. The van der Waals surface area contributed by atoms with Gasteiger partial charge in [-0.1, -0.05) is 0 Å². The topological polar surface area (TPSA) is 88.7 Å². The summed E-state index contributed by atoms with van der Waals surface area (Å²) in [5.74, 6) is -0.874. The summed E-state index contributed by atoms with van der Waals surface area (Å²) < 4.78 is 5.51. The van der Waals surface area contributed by atoms with E-state index >= 15 is 0 Å². The highest BCUT2D eigenvalue weighted by atomic mass is 16.5. The Morgan fingerprint density at radius 1 is 1.63 bits per heavy atom. The summed E-state index contributed by atoms with van der Waals surface area (Å²) in [7, 11) is 2.11. The van der Waals surface area contributed by atoms with Crippen LogP contribution in [0, 0.1) is 0 Å². The van der Waals surface area contributed by atoms with Gasteiger partial charge in [-0.25, -0.2) is 9.78 Å². The Kier molecular flexibility index (Phi) is 4.21. The Bertz CT molecular complexity index is 464. The monoisotopic (exact) mass is 265 g/mol. The maximum atomic E-state index is 10.8. The first-order chi connectivity index (χ1) is 9.08. The molecular weight excluding hydrogens is 246 g/mol. The van der Waals surface area contributed by atoms with Crippen LogP contribution in [0.2, 0.25) is 0 Å². The van der Waals surface area contributed by atoms with Crippen LogP contribution in [0.4, 0.5) is 5.69 Å². The average molecular weight is 265 g/mol. The van der Waals surface area contributed by atoms with E-state index in [-0.39, 0.29) is 11.6 Å². The van der Waals surface area contributed by atoms with Crippen molar-refractivity contribution in [3.05, 3.63) is 17.8 Å². The molecule has 6 heteroatoms. The predicted octanol–water partition coefficient (Wildman–Crippen LogP) is 1.23. The molecule has 0 aromatic carbocycles. The van der Waals surface area contributed by atoms with Crippen molar-refractivity contribution in [1.29, 1.82) is 0 Å². The number of nitrogen functional groups attached to an aromatic ring is 1. The van der Waals surface area contributed by atoms with E-state index in [0.717, 1.165) is 13.0 Å². The first-order valence-corrected chi connectivity index (χ1v) is 6.41. The van der Waals surface area contributed by atoms with Crippen LogP contribution < -0.4 is 10.5 Å². The first-order valence-electron chi connectivity index (χ1n) is 6.41. The summed E-state index contributed by atoms with van der Waals surface area (Å²) in [6.07, 6.45) is 3.29. The van der Waals surface area contributed by atoms with Gasteiger partial charge in [-0.2, -0.15) is 0 Å². The third-order valence-electron chi connectivity index (χ3n) is 3.47. The molecule has 1 aliphatic heterocycles. The van der Waals surface area contributed by atoms with E-state index in [1.807, 2.05) is 0 Å². The van der Waals surface area contributed by atoms with Crippen LogP contribution in [-0.4, -0.2) is 47.2 Å². The summed E-state index contributed by atoms with van der Waals surface area (Å²) >= 11 is 0. The molecule has 0 spiro atoms. The molecule has 1 saturated heterocycles. The average Bonchev–Trinajstić information content (AvgIpc) is 2.77. The molecule has 104 valence electrons. The van der Waals surface area contributed by atoms with Crippen molar-refractivity contribution in [2.45, 2.75) is 25.3 Å². The van der Waals surface area contributed by atoms with Gasteiger partial charge in [0.25, 0.3) is 0 Å². The summed E-state index contributed by atoms with van der Waals surface area (Å²) in [5.41, 5.74) is 6.03. The summed E-state index contributed by atoms with van der Waals surface area (Å²) in [4.78, 5) is 17.0. The largest absolute Gasteiger partial charge is 0.477 e. The number of anilines is 1. The second-order valence-corrected chi connectivity index (χ2v) is 4.81. The quantitative estimate of drug-likeness (QED) is 0.832. The lowest BCUT2D eigenvalue weighted by Crippen LogP contribution is -2.26. The van der Waals surface area contributed by atoms with E-state index in [1.54, 1.807) is 0 Å². The van der Waals surface area contributed by atoms with Crippen LogP contribution >= 0.6 is 0 Å². The lowest BCUT2D eigenvalue weighted by Gasteiger charge is -2.19. The molecule has 1 aromatic rings. The third-order valence-corrected chi connectivity index (χ3v) is 3.47. The minimum atomic E-state index is -1.08. The van der Waals surface area contributed by atoms with Crippen molar-refractivity contribution >= 4 is 11.7 Å². The maximum Gasteiger partial charge on any atom is 0.354 e. The smallest absolute Gasteiger partial charge is 0.354 e. The fourth-order valence-corrected chi connectivity index (χ4v) is 2.32. The first kappa shape index (κ1) is 13.6. The molecule has 1 unspecified atom stereocenters. The van der Waals surface area contributed by atoms with Crippen molar-refractivity contribution in [2.24, 2.45) is 0 Å². The Hall–Kier alpha value is -1.82. The van der Waals surface area contributed by atoms with E-state index in [0.29, 0.717) is 18.3 Å². The van der Waals surface area contributed by atoms with Gasteiger partial charge in [-0.3, -0.25) is 0 Å². The molecule has 0 saturated carbocycles. The lowest BCUT2D eigenvalue weighted by molar-refractivity contribution is 0.0689. The van der Waals surface area contributed by atoms with Gasteiger partial charge in [0.1, 0.15) is 0 Å². The zero-order chi connectivity index (χ0) is 13.8.